The van der Waals surface area contributed by atoms with Crippen molar-refractivity contribution in [1.82, 2.24) is 9.80 Å². The van der Waals surface area contributed by atoms with Gasteiger partial charge in [-0.05, 0) is 0 Å². The third-order valence-electron chi connectivity index (χ3n) is 1.30. The van der Waals surface area contributed by atoms with Gasteiger partial charge in [-0.3, -0.25) is 4.79 Å². The van der Waals surface area contributed by atoms with E-state index in [0.717, 1.165) is 20.1 Å². The lowest BCUT2D eigenvalue weighted by Crippen LogP contribution is -2.21. The average molecular weight is 184 g/mol. The lowest BCUT2D eigenvalue weighted by molar-refractivity contribution is -0.134. The first-order valence-electron chi connectivity index (χ1n) is 3.99. The Morgan fingerprint density at radius 1 is 1.69 bits per heavy atom. The van der Waals surface area contributed by atoms with Gasteiger partial charge in [-0.15, -0.1) is 6.58 Å². The number of rotatable bonds is 2. The maximum atomic E-state index is 9.00. The number of hydrogen-bond donors (Lipinski definition) is 1. The van der Waals surface area contributed by atoms with Crippen LogP contribution < -0.4 is 0 Å². The molecule has 13 heavy (non-hydrogen) atoms. The number of nitrogens with zero attached hydrogens (tertiary/aromatic N) is 2. The van der Waals surface area contributed by atoms with Gasteiger partial charge in [0.1, 0.15) is 0 Å². The summed E-state index contributed by atoms with van der Waals surface area (Å²) in [6.07, 6.45) is 6.04. The fourth-order valence-corrected chi connectivity index (χ4v) is 0.873. The summed E-state index contributed by atoms with van der Waals surface area (Å²) >= 11 is 0. The largest absolute Gasteiger partial charge is 0.481 e. The van der Waals surface area contributed by atoms with E-state index in [9.17, 15) is 0 Å². The quantitative estimate of drug-likeness (QED) is 0.649. The van der Waals surface area contributed by atoms with Crippen LogP contribution in [0.1, 0.15) is 6.92 Å². The van der Waals surface area contributed by atoms with Crippen molar-refractivity contribution in [3.63, 3.8) is 0 Å². The van der Waals surface area contributed by atoms with Crippen LogP contribution in [0.4, 0.5) is 0 Å². The minimum atomic E-state index is -0.833. The minimum absolute atomic E-state index is 0.833. The van der Waals surface area contributed by atoms with Crippen LogP contribution in [0.2, 0.25) is 0 Å². The van der Waals surface area contributed by atoms with E-state index in [1.54, 1.807) is 0 Å². The van der Waals surface area contributed by atoms with Crippen LogP contribution in [0.25, 0.3) is 0 Å². The second-order valence-corrected chi connectivity index (χ2v) is 2.78. The SMILES string of the molecule is C=CCN1C=CN(C)C1.CC(=O)O. The Labute approximate surface area is 78.8 Å². The van der Waals surface area contributed by atoms with Gasteiger partial charge in [-0.1, -0.05) is 6.08 Å². The van der Waals surface area contributed by atoms with E-state index >= 15 is 0 Å². The van der Waals surface area contributed by atoms with Crippen LogP contribution in [0.5, 0.6) is 0 Å². The molecule has 74 valence electrons. The van der Waals surface area contributed by atoms with E-state index in [2.05, 4.69) is 35.8 Å². The summed E-state index contributed by atoms with van der Waals surface area (Å²) in [6.45, 7) is 6.68. The first-order valence-corrected chi connectivity index (χ1v) is 3.99. The van der Waals surface area contributed by atoms with Crippen LogP contribution in [0.3, 0.4) is 0 Å². The van der Waals surface area contributed by atoms with Gasteiger partial charge in [0, 0.05) is 32.9 Å². The summed E-state index contributed by atoms with van der Waals surface area (Å²) in [7, 11) is 2.06. The summed E-state index contributed by atoms with van der Waals surface area (Å²) in [5.74, 6) is -0.833. The topological polar surface area (TPSA) is 43.8 Å². The van der Waals surface area contributed by atoms with E-state index in [1.807, 2.05) is 6.08 Å². The first kappa shape index (κ1) is 11.6. The summed E-state index contributed by atoms with van der Waals surface area (Å²) < 4.78 is 0. The molecular weight excluding hydrogens is 168 g/mol. The molecule has 0 atom stereocenters. The summed E-state index contributed by atoms with van der Waals surface area (Å²) in [5, 5.41) is 7.42. The number of hydrogen-bond acceptors (Lipinski definition) is 3. The van der Waals surface area contributed by atoms with Crippen LogP contribution in [0.15, 0.2) is 25.1 Å². The highest BCUT2D eigenvalue weighted by Crippen LogP contribution is 2.01. The third kappa shape index (κ3) is 6.93. The third-order valence-corrected chi connectivity index (χ3v) is 1.30. The van der Waals surface area contributed by atoms with Gasteiger partial charge >= 0.3 is 0 Å². The van der Waals surface area contributed by atoms with Gasteiger partial charge in [0.25, 0.3) is 5.97 Å². The van der Waals surface area contributed by atoms with E-state index < -0.39 is 5.97 Å². The lowest BCUT2D eigenvalue weighted by atomic mass is 10.6. The van der Waals surface area contributed by atoms with Gasteiger partial charge in [-0.25, -0.2) is 0 Å². The molecule has 0 radical (unpaired) electrons. The lowest BCUT2D eigenvalue weighted by Gasteiger charge is -2.15. The van der Waals surface area contributed by atoms with Gasteiger partial charge in [-0.2, -0.15) is 0 Å². The molecule has 0 aliphatic carbocycles. The monoisotopic (exact) mass is 184 g/mol. The van der Waals surface area contributed by atoms with E-state index in [-0.39, 0.29) is 0 Å². The number of carboxylic acid groups (broad SMARTS) is 1. The van der Waals surface area contributed by atoms with Crippen molar-refractivity contribution in [3.05, 3.63) is 25.1 Å². The summed E-state index contributed by atoms with van der Waals surface area (Å²) in [5.41, 5.74) is 0. The molecule has 4 nitrogen and oxygen atoms in total. The molecule has 0 saturated carbocycles. The molecule has 0 aromatic rings. The summed E-state index contributed by atoms with van der Waals surface area (Å²) in [6, 6.07) is 0. The predicted molar refractivity (Wildman–Crippen MR) is 52.0 cm³/mol. The Bertz CT molecular complexity index is 198. The zero-order chi connectivity index (χ0) is 10.3. The Kier molecular flexibility index (Phi) is 5.43. The molecule has 0 aromatic carbocycles. The molecule has 1 rings (SSSR count). The van der Waals surface area contributed by atoms with Gasteiger partial charge in [0.2, 0.25) is 0 Å². The fraction of sp³-hybridized carbons (Fsp3) is 0.444. The number of carboxylic acids is 1. The van der Waals surface area contributed by atoms with Crippen molar-refractivity contribution >= 4 is 5.97 Å². The van der Waals surface area contributed by atoms with E-state index in [0.29, 0.717) is 0 Å². The molecule has 1 aliphatic rings. The number of aliphatic carboxylic acids is 1. The molecule has 1 N–H and O–H groups in total. The zero-order valence-electron chi connectivity index (χ0n) is 8.10. The molecule has 0 amide bonds. The number of carbonyl (C=O) groups is 1. The normalized spacial score (nSPS) is 13.7. The molecular formula is C9H16N2O2. The van der Waals surface area contributed by atoms with E-state index in [1.165, 1.54) is 0 Å². The smallest absolute Gasteiger partial charge is 0.300 e. The molecule has 0 saturated heterocycles. The molecule has 1 aliphatic heterocycles. The molecule has 0 fully saturated rings. The molecule has 4 heteroatoms. The fourth-order valence-electron chi connectivity index (χ4n) is 0.873. The average Bonchev–Trinajstić information content (AvgIpc) is 2.35. The second kappa shape index (κ2) is 6.11. The highest BCUT2D eigenvalue weighted by atomic mass is 16.4. The Morgan fingerprint density at radius 3 is 2.54 bits per heavy atom. The molecule has 0 spiro atoms. The van der Waals surface area contributed by atoms with Crippen LogP contribution in [0, 0.1) is 0 Å². The van der Waals surface area contributed by atoms with Crippen molar-refractivity contribution < 1.29 is 9.90 Å². The van der Waals surface area contributed by atoms with Crippen molar-refractivity contribution in [1.29, 1.82) is 0 Å². The van der Waals surface area contributed by atoms with Crippen LogP contribution in [-0.2, 0) is 4.79 Å². The van der Waals surface area contributed by atoms with Crippen molar-refractivity contribution in [2.45, 2.75) is 6.92 Å². The summed E-state index contributed by atoms with van der Waals surface area (Å²) in [4.78, 5) is 13.3. The van der Waals surface area contributed by atoms with Gasteiger partial charge in [0.05, 0.1) is 6.67 Å². The van der Waals surface area contributed by atoms with Gasteiger partial charge < -0.3 is 14.9 Å². The van der Waals surface area contributed by atoms with Crippen molar-refractivity contribution in [2.24, 2.45) is 0 Å². The molecule has 1 heterocycles. The maximum absolute atomic E-state index is 9.00. The highest BCUT2D eigenvalue weighted by Gasteiger charge is 2.04. The second-order valence-electron chi connectivity index (χ2n) is 2.78. The molecule has 0 bridgehead atoms. The molecule has 0 unspecified atom stereocenters. The highest BCUT2D eigenvalue weighted by molar-refractivity contribution is 5.62. The standard InChI is InChI=1S/C7H12N2.C2H4O2/c1-3-4-9-6-5-8(2)7-9;1-2(3)4/h3,5-6H,1,4,7H2,2H3;1H3,(H,3,4). The van der Waals surface area contributed by atoms with Crippen molar-refractivity contribution in [3.8, 4) is 0 Å². The van der Waals surface area contributed by atoms with Gasteiger partial charge in [0.15, 0.2) is 0 Å². The minimum Gasteiger partial charge on any atom is -0.481 e. The Hall–Kier alpha value is -1.45. The maximum Gasteiger partial charge on any atom is 0.300 e. The Morgan fingerprint density at radius 2 is 2.23 bits per heavy atom. The first-order chi connectivity index (χ1) is 6.06. The Balaban J connectivity index is 0.000000310. The zero-order valence-corrected chi connectivity index (χ0v) is 8.10. The van der Waals surface area contributed by atoms with Crippen LogP contribution >= 0.6 is 0 Å². The molecule has 0 aromatic heterocycles. The van der Waals surface area contributed by atoms with E-state index in [4.69, 9.17) is 9.90 Å². The van der Waals surface area contributed by atoms with Crippen molar-refractivity contribution in [2.75, 3.05) is 20.3 Å². The predicted octanol–water partition coefficient (Wildman–Crippen LogP) is 0.939. The van der Waals surface area contributed by atoms with Crippen LogP contribution in [-0.4, -0.2) is 41.1 Å².